The molecule has 1 fully saturated rings. The number of hydrogen-bond donors (Lipinski definition) is 2. The quantitative estimate of drug-likeness (QED) is 0.792. The van der Waals surface area contributed by atoms with Crippen LogP contribution >= 0.6 is 24.0 Å². The number of nitrogen functional groups attached to an aromatic ring is 1. The minimum Gasteiger partial charge on any atom is -0.398 e. The minimum absolute atomic E-state index is 0. The predicted molar refractivity (Wildman–Crippen MR) is 103 cm³/mol. The third-order valence-electron chi connectivity index (χ3n) is 4.68. The van der Waals surface area contributed by atoms with Crippen LogP contribution in [-0.4, -0.2) is 29.0 Å². The number of para-hydroxylation sites is 1. The van der Waals surface area contributed by atoms with E-state index < -0.39 is 6.10 Å². The largest absolute Gasteiger partial charge is 0.398 e. The molecule has 1 atom stereocenters. The van der Waals surface area contributed by atoms with Crippen LogP contribution in [-0.2, 0) is 0 Å². The SMILES string of the molecule is Cl.Nc1ccccc1C(=O)N1CCC(C(O)c2ccc(Cl)cc2)CC1. The highest BCUT2D eigenvalue weighted by Gasteiger charge is 2.29. The maximum Gasteiger partial charge on any atom is 0.255 e. The molecule has 1 heterocycles. The van der Waals surface area contributed by atoms with Gasteiger partial charge < -0.3 is 15.7 Å². The molecule has 1 saturated heterocycles. The summed E-state index contributed by atoms with van der Waals surface area (Å²) in [4.78, 5) is 14.4. The third kappa shape index (κ3) is 4.46. The number of carbonyl (C=O) groups excluding carboxylic acids is 1. The number of halogens is 2. The fourth-order valence-corrected chi connectivity index (χ4v) is 3.34. The van der Waals surface area contributed by atoms with Gasteiger partial charge in [0.1, 0.15) is 0 Å². The van der Waals surface area contributed by atoms with E-state index in [0.29, 0.717) is 29.4 Å². The molecule has 1 unspecified atom stereocenters. The first-order valence-electron chi connectivity index (χ1n) is 8.13. The number of aliphatic hydroxyl groups excluding tert-OH is 1. The number of hydrogen-bond acceptors (Lipinski definition) is 3. The molecule has 0 aromatic heterocycles. The number of aliphatic hydroxyl groups is 1. The summed E-state index contributed by atoms with van der Waals surface area (Å²) in [5.74, 6) is 0.107. The Morgan fingerprint density at radius 3 is 2.32 bits per heavy atom. The second-order valence-corrected chi connectivity index (χ2v) is 6.65. The molecule has 1 aliphatic rings. The zero-order valence-electron chi connectivity index (χ0n) is 13.8. The smallest absolute Gasteiger partial charge is 0.255 e. The molecule has 6 heteroatoms. The Bertz CT molecular complexity index is 714. The van der Waals surface area contributed by atoms with E-state index in [9.17, 15) is 9.90 Å². The van der Waals surface area contributed by atoms with Gasteiger partial charge in [0.25, 0.3) is 5.91 Å². The van der Waals surface area contributed by atoms with Crippen LogP contribution in [0.25, 0.3) is 0 Å². The number of amides is 1. The molecule has 3 N–H and O–H groups in total. The summed E-state index contributed by atoms with van der Waals surface area (Å²) < 4.78 is 0. The number of nitrogens with zero attached hydrogens (tertiary/aromatic N) is 1. The maximum absolute atomic E-state index is 12.6. The molecule has 0 spiro atoms. The van der Waals surface area contributed by atoms with Gasteiger partial charge in [-0.3, -0.25) is 4.79 Å². The number of carbonyl (C=O) groups is 1. The highest BCUT2D eigenvalue weighted by atomic mass is 35.5. The van der Waals surface area contributed by atoms with E-state index in [2.05, 4.69) is 0 Å². The Kier molecular flexibility index (Phi) is 6.71. The van der Waals surface area contributed by atoms with E-state index in [0.717, 1.165) is 18.4 Å². The molecular weight excluding hydrogens is 359 g/mol. The molecule has 0 radical (unpaired) electrons. The molecule has 2 aromatic rings. The van der Waals surface area contributed by atoms with Crippen molar-refractivity contribution >= 4 is 35.6 Å². The zero-order valence-corrected chi connectivity index (χ0v) is 15.3. The normalized spacial score (nSPS) is 16.2. The summed E-state index contributed by atoms with van der Waals surface area (Å²) in [7, 11) is 0. The highest BCUT2D eigenvalue weighted by molar-refractivity contribution is 6.30. The number of anilines is 1. The summed E-state index contributed by atoms with van der Waals surface area (Å²) >= 11 is 5.89. The van der Waals surface area contributed by atoms with E-state index in [-0.39, 0.29) is 24.2 Å². The molecule has 0 aliphatic carbocycles. The van der Waals surface area contributed by atoms with Gasteiger partial charge in [-0.05, 0) is 48.6 Å². The third-order valence-corrected chi connectivity index (χ3v) is 4.93. The van der Waals surface area contributed by atoms with Crippen LogP contribution in [0.5, 0.6) is 0 Å². The lowest BCUT2D eigenvalue weighted by Crippen LogP contribution is -2.40. The van der Waals surface area contributed by atoms with Gasteiger partial charge in [0.05, 0.1) is 11.7 Å². The summed E-state index contributed by atoms with van der Waals surface area (Å²) in [6, 6.07) is 14.4. The van der Waals surface area contributed by atoms with E-state index in [1.807, 2.05) is 29.2 Å². The molecule has 0 bridgehead atoms. The molecule has 3 rings (SSSR count). The van der Waals surface area contributed by atoms with Crippen LogP contribution < -0.4 is 5.73 Å². The second kappa shape index (κ2) is 8.56. The van der Waals surface area contributed by atoms with Gasteiger partial charge in [0.2, 0.25) is 0 Å². The fourth-order valence-electron chi connectivity index (χ4n) is 3.21. The van der Waals surface area contributed by atoms with Crippen molar-refractivity contribution < 1.29 is 9.90 Å². The van der Waals surface area contributed by atoms with E-state index in [1.54, 1.807) is 24.3 Å². The predicted octanol–water partition coefficient (Wildman–Crippen LogP) is 3.93. The molecule has 25 heavy (non-hydrogen) atoms. The first-order chi connectivity index (χ1) is 11.6. The van der Waals surface area contributed by atoms with Gasteiger partial charge >= 0.3 is 0 Å². The molecular formula is C19H22Cl2N2O2. The van der Waals surface area contributed by atoms with Crippen molar-refractivity contribution in [2.75, 3.05) is 18.8 Å². The highest BCUT2D eigenvalue weighted by Crippen LogP contribution is 2.32. The van der Waals surface area contributed by atoms with Crippen LogP contribution in [0.15, 0.2) is 48.5 Å². The number of benzene rings is 2. The summed E-state index contributed by atoms with van der Waals surface area (Å²) in [5.41, 5.74) is 7.82. The zero-order chi connectivity index (χ0) is 17.1. The average Bonchev–Trinajstić information content (AvgIpc) is 2.62. The topological polar surface area (TPSA) is 66.6 Å². The summed E-state index contributed by atoms with van der Waals surface area (Å²) in [6.45, 7) is 1.25. The molecule has 4 nitrogen and oxygen atoms in total. The van der Waals surface area contributed by atoms with Gasteiger partial charge in [-0.2, -0.15) is 0 Å². The molecule has 134 valence electrons. The first-order valence-corrected chi connectivity index (χ1v) is 8.51. The Morgan fingerprint density at radius 2 is 1.72 bits per heavy atom. The van der Waals surface area contributed by atoms with Crippen LogP contribution in [0.2, 0.25) is 5.02 Å². The summed E-state index contributed by atoms with van der Waals surface area (Å²) in [6.07, 6.45) is 1.01. The van der Waals surface area contributed by atoms with E-state index in [4.69, 9.17) is 17.3 Å². The van der Waals surface area contributed by atoms with E-state index >= 15 is 0 Å². The monoisotopic (exact) mass is 380 g/mol. The van der Waals surface area contributed by atoms with Gasteiger partial charge in [0, 0.05) is 23.8 Å². The number of piperidine rings is 1. The van der Waals surface area contributed by atoms with Crippen molar-refractivity contribution in [3.63, 3.8) is 0 Å². The molecule has 0 saturated carbocycles. The second-order valence-electron chi connectivity index (χ2n) is 6.21. The van der Waals surface area contributed by atoms with Gasteiger partial charge in [0.15, 0.2) is 0 Å². The molecule has 1 amide bonds. The standard InChI is InChI=1S/C19H21ClN2O2.ClH/c20-15-7-5-13(6-8-15)18(23)14-9-11-22(12-10-14)19(24)16-3-1-2-4-17(16)21;/h1-8,14,18,23H,9-12,21H2;1H. The Hall–Kier alpha value is -1.75. The first kappa shape index (κ1) is 19.6. The van der Waals surface area contributed by atoms with E-state index in [1.165, 1.54) is 0 Å². The van der Waals surface area contributed by atoms with Crippen molar-refractivity contribution in [3.05, 3.63) is 64.7 Å². The lowest BCUT2D eigenvalue weighted by molar-refractivity contribution is 0.0463. The van der Waals surface area contributed by atoms with Gasteiger partial charge in [-0.25, -0.2) is 0 Å². The molecule has 1 aliphatic heterocycles. The lowest BCUT2D eigenvalue weighted by Gasteiger charge is -2.34. The lowest BCUT2D eigenvalue weighted by atomic mass is 9.87. The van der Waals surface area contributed by atoms with Crippen LogP contribution in [0.4, 0.5) is 5.69 Å². The summed E-state index contributed by atoms with van der Waals surface area (Å²) in [5, 5.41) is 11.2. The van der Waals surface area contributed by atoms with Crippen molar-refractivity contribution in [2.45, 2.75) is 18.9 Å². The Morgan fingerprint density at radius 1 is 1.12 bits per heavy atom. The fraction of sp³-hybridized carbons (Fsp3) is 0.316. The number of likely N-dealkylation sites (tertiary alicyclic amines) is 1. The number of rotatable bonds is 3. The van der Waals surface area contributed by atoms with Crippen molar-refractivity contribution in [2.24, 2.45) is 5.92 Å². The van der Waals surface area contributed by atoms with Crippen molar-refractivity contribution in [1.29, 1.82) is 0 Å². The van der Waals surface area contributed by atoms with Crippen LogP contribution in [0, 0.1) is 5.92 Å². The number of nitrogens with two attached hydrogens (primary N) is 1. The van der Waals surface area contributed by atoms with Crippen LogP contribution in [0.3, 0.4) is 0 Å². The van der Waals surface area contributed by atoms with Gasteiger partial charge in [-0.1, -0.05) is 35.9 Å². The maximum atomic E-state index is 12.6. The van der Waals surface area contributed by atoms with Crippen LogP contribution in [0.1, 0.15) is 34.9 Å². The molecule has 2 aromatic carbocycles. The van der Waals surface area contributed by atoms with Crippen molar-refractivity contribution in [3.8, 4) is 0 Å². The Labute approximate surface area is 159 Å². The minimum atomic E-state index is -0.527. The average molecular weight is 381 g/mol. The van der Waals surface area contributed by atoms with Crippen molar-refractivity contribution in [1.82, 2.24) is 4.90 Å². The Balaban J connectivity index is 0.00000225. The van der Waals surface area contributed by atoms with Gasteiger partial charge in [-0.15, -0.1) is 12.4 Å².